The summed E-state index contributed by atoms with van der Waals surface area (Å²) in [5.41, 5.74) is 1.11. The SMILES string of the molecule is CCS(=O)(=O)c1ccc2oc(/C=C/c3ccc(Br)s3)nc2c1. The first-order valence-electron chi connectivity index (χ1n) is 6.55. The van der Waals surface area contributed by atoms with Crippen LogP contribution in [-0.2, 0) is 9.84 Å². The van der Waals surface area contributed by atoms with Crippen LogP contribution in [0.2, 0.25) is 0 Å². The Morgan fingerprint density at radius 3 is 2.77 bits per heavy atom. The molecule has 4 nitrogen and oxygen atoms in total. The molecular weight excluding hydrogens is 386 g/mol. The van der Waals surface area contributed by atoms with Crippen LogP contribution in [0.1, 0.15) is 17.7 Å². The summed E-state index contributed by atoms with van der Waals surface area (Å²) < 4.78 is 30.4. The zero-order valence-electron chi connectivity index (χ0n) is 11.6. The van der Waals surface area contributed by atoms with Gasteiger partial charge in [-0.3, -0.25) is 0 Å². The first-order valence-corrected chi connectivity index (χ1v) is 9.81. The lowest BCUT2D eigenvalue weighted by Crippen LogP contribution is -2.03. The van der Waals surface area contributed by atoms with Crippen LogP contribution >= 0.6 is 27.3 Å². The first kappa shape index (κ1) is 15.5. The molecule has 0 fully saturated rings. The van der Waals surface area contributed by atoms with Gasteiger partial charge in [-0.1, -0.05) is 6.92 Å². The lowest BCUT2D eigenvalue weighted by molar-refractivity contribution is 0.589. The molecule has 3 aromatic rings. The van der Waals surface area contributed by atoms with Crippen molar-refractivity contribution in [2.24, 2.45) is 0 Å². The zero-order chi connectivity index (χ0) is 15.7. The van der Waals surface area contributed by atoms with Gasteiger partial charge >= 0.3 is 0 Å². The van der Waals surface area contributed by atoms with Crippen LogP contribution in [0.5, 0.6) is 0 Å². The van der Waals surface area contributed by atoms with Gasteiger partial charge in [-0.15, -0.1) is 11.3 Å². The summed E-state index contributed by atoms with van der Waals surface area (Å²) in [6.45, 7) is 1.62. The van der Waals surface area contributed by atoms with Gasteiger partial charge in [0.2, 0.25) is 5.89 Å². The average Bonchev–Trinajstić information content (AvgIpc) is 3.09. The Morgan fingerprint density at radius 2 is 2.09 bits per heavy atom. The Balaban J connectivity index is 1.95. The van der Waals surface area contributed by atoms with Gasteiger partial charge in [0, 0.05) is 11.0 Å². The third-order valence-corrected chi connectivity index (χ3v) is 6.42. The van der Waals surface area contributed by atoms with E-state index in [4.69, 9.17) is 4.42 Å². The van der Waals surface area contributed by atoms with Crippen molar-refractivity contribution in [3.05, 3.63) is 44.9 Å². The topological polar surface area (TPSA) is 60.2 Å². The smallest absolute Gasteiger partial charge is 0.220 e. The standard InChI is InChI=1S/C15H12BrNO3S2/c1-2-22(18,19)11-5-6-13-12(9-11)17-15(20-13)8-4-10-3-7-14(16)21-10/h3-9H,2H2,1H3/b8-4+. The number of oxazole rings is 1. The number of rotatable bonds is 4. The number of aromatic nitrogens is 1. The predicted molar refractivity (Wildman–Crippen MR) is 92.7 cm³/mol. The Bertz CT molecular complexity index is 954. The molecule has 0 atom stereocenters. The molecule has 0 spiro atoms. The molecule has 0 radical (unpaired) electrons. The monoisotopic (exact) mass is 397 g/mol. The van der Waals surface area contributed by atoms with Crippen molar-refractivity contribution in [3.8, 4) is 0 Å². The largest absolute Gasteiger partial charge is 0.437 e. The third kappa shape index (κ3) is 3.16. The fourth-order valence-corrected chi connectivity index (χ4v) is 4.15. The molecule has 0 saturated carbocycles. The molecule has 0 N–H and O–H groups in total. The predicted octanol–water partition coefficient (Wildman–Crippen LogP) is 4.62. The summed E-state index contributed by atoms with van der Waals surface area (Å²) in [6.07, 6.45) is 3.68. The minimum absolute atomic E-state index is 0.0658. The molecule has 114 valence electrons. The molecule has 0 amide bonds. The maximum atomic E-state index is 11.9. The van der Waals surface area contributed by atoms with Crippen LogP contribution in [0, 0.1) is 0 Å². The minimum Gasteiger partial charge on any atom is -0.437 e. The molecule has 0 aliphatic carbocycles. The van der Waals surface area contributed by atoms with Gasteiger partial charge in [0.25, 0.3) is 0 Å². The number of thiophene rings is 1. The summed E-state index contributed by atoms with van der Waals surface area (Å²) in [6, 6.07) is 8.70. The highest BCUT2D eigenvalue weighted by Crippen LogP contribution is 2.25. The maximum Gasteiger partial charge on any atom is 0.220 e. The van der Waals surface area contributed by atoms with Crippen LogP contribution in [-0.4, -0.2) is 19.2 Å². The fraction of sp³-hybridized carbons (Fsp3) is 0.133. The quantitative estimate of drug-likeness (QED) is 0.644. The third-order valence-electron chi connectivity index (χ3n) is 3.10. The van der Waals surface area contributed by atoms with Crippen LogP contribution in [0.4, 0.5) is 0 Å². The number of fused-ring (bicyclic) bond motifs is 1. The number of nitrogens with zero attached hydrogens (tertiary/aromatic N) is 1. The number of sulfone groups is 1. The second kappa shape index (κ2) is 5.98. The normalized spacial score (nSPS) is 12.5. The van der Waals surface area contributed by atoms with Crippen LogP contribution < -0.4 is 0 Å². The van der Waals surface area contributed by atoms with Gasteiger partial charge in [0.05, 0.1) is 14.4 Å². The zero-order valence-corrected chi connectivity index (χ0v) is 14.8. The van der Waals surface area contributed by atoms with E-state index in [9.17, 15) is 8.42 Å². The molecule has 0 unspecified atom stereocenters. The van der Waals surface area contributed by atoms with Crippen molar-refractivity contribution < 1.29 is 12.8 Å². The highest BCUT2D eigenvalue weighted by atomic mass is 79.9. The molecule has 7 heteroatoms. The Kier molecular flexibility index (Phi) is 4.20. The molecule has 2 aromatic heterocycles. The van der Waals surface area contributed by atoms with E-state index in [1.54, 1.807) is 42.5 Å². The summed E-state index contributed by atoms with van der Waals surface area (Å²) in [5, 5.41) is 0. The number of halogens is 1. The highest BCUT2D eigenvalue weighted by Gasteiger charge is 2.14. The van der Waals surface area contributed by atoms with Crippen molar-refractivity contribution in [1.82, 2.24) is 4.98 Å². The van der Waals surface area contributed by atoms with Crippen molar-refractivity contribution in [2.45, 2.75) is 11.8 Å². The van der Waals surface area contributed by atoms with Crippen molar-refractivity contribution in [2.75, 3.05) is 5.75 Å². The van der Waals surface area contributed by atoms with Gasteiger partial charge in [0.1, 0.15) is 5.52 Å². The second-order valence-electron chi connectivity index (χ2n) is 4.56. The Labute approximate surface area is 140 Å². The average molecular weight is 398 g/mol. The number of hydrogen-bond donors (Lipinski definition) is 0. The van der Waals surface area contributed by atoms with Crippen molar-refractivity contribution in [3.63, 3.8) is 0 Å². The van der Waals surface area contributed by atoms with E-state index >= 15 is 0 Å². The molecule has 0 aliphatic rings. The summed E-state index contributed by atoms with van der Waals surface area (Å²) in [5.74, 6) is 0.515. The summed E-state index contributed by atoms with van der Waals surface area (Å²) >= 11 is 5.01. The van der Waals surface area contributed by atoms with Gasteiger partial charge in [-0.05, 0) is 52.3 Å². The van der Waals surface area contributed by atoms with E-state index in [-0.39, 0.29) is 10.6 Å². The lowest BCUT2D eigenvalue weighted by atomic mass is 10.3. The lowest BCUT2D eigenvalue weighted by Gasteiger charge is -1.99. The van der Waals surface area contributed by atoms with E-state index in [1.807, 2.05) is 18.2 Å². The molecule has 22 heavy (non-hydrogen) atoms. The van der Waals surface area contributed by atoms with Crippen LogP contribution in [0.25, 0.3) is 23.3 Å². The first-order chi connectivity index (χ1) is 10.5. The molecule has 3 rings (SSSR count). The fourth-order valence-electron chi connectivity index (χ4n) is 1.93. The van der Waals surface area contributed by atoms with Crippen LogP contribution in [0.3, 0.4) is 0 Å². The van der Waals surface area contributed by atoms with E-state index in [0.29, 0.717) is 17.0 Å². The molecular formula is C15H12BrNO3S2. The molecule has 1 aromatic carbocycles. The van der Waals surface area contributed by atoms with Gasteiger partial charge < -0.3 is 4.42 Å². The van der Waals surface area contributed by atoms with Crippen LogP contribution in [0.15, 0.2) is 43.4 Å². The minimum atomic E-state index is -3.24. The van der Waals surface area contributed by atoms with Gasteiger partial charge in [-0.25, -0.2) is 13.4 Å². The maximum absolute atomic E-state index is 11.9. The van der Waals surface area contributed by atoms with Crippen molar-refractivity contribution >= 4 is 60.4 Å². The molecule has 2 heterocycles. The Hall–Kier alpha value is -1.44. The van der Waals surface area contributed by atoms with Gasteiger partial charge in [0.15, 0.2) is 15.4 Å². The highest BCUT2D eigenvalue weighted by molar-refractivity contribution is 9.11. The number of hydrogen-bond acceptors (Lipinski definition) is 5. The summed E-state index contributed by atoms with van der Waals surface area (Å²) in [7, 11) is -3.24. The Morgan fingerprint density at radius 1 is 1.27 bits per heavy atom. The van der Waals surface area contributed by atoms with E-state index in [2.05, 4.69) is 20.9 Å². The van der Waals surface area contributed by atoms with E-state index < -0.39 is 9.84 Å². The molecule has 0 bridgehead atoms. The van der Waals surface area contributed by atoms with Gasteiger partial charge in [-0.2, -0.15) is 0 Å². The number of benzene rings is 1. The van der Waals surface area contributed by atoms with E-state index in [1.165, 1.54) is 0 Å². The van der Waals surface area contributed by atoms with Crippen molar-refractivity contribution in [1.29, 1.82) is 0 Å². The molecule has 0 aliphatic heterocycles. The van der Waals surface area contributed by atoms with E-state index in [0.717, 1.165) is 8.66 Å². The second-order valence-corrected chi connectivity index (χ2v) is 9.33. The summed E-state index contributed by atoms with van der Waals surface area (Å²) in [4.78, 5) is 5.66. The molecule has 0 saturated heterocycles.